The first-order chi connectivity index (χ1) is 10.5. The highest BCUT2D eigenvalue weighted by Crippen LogP contribution is 2.29. The van der Waals surface area contributed by atoms with E-state index >= 15 is 0 Å². The molecule has 0 unspecified atom stereocenters. The predicted molar refractivity (Wildman–Crippen MR) is 82.8 cm³/mol. The molecule has 0 spiro atoms. The summed E-state index contributed by atoms with van der Waals surface area (Å²) in [6, 6.07) is 6.04. The zero-order valence-corrected chi connectivity index (χ0v) is 12.5. The van der Waals surface area contributed by atoms with Crippen molar-refractivity contribution in [2.24, 2.45) is 0 Å². The Hall–Kier alpha value is -2.37. The predicted octanol–water partition coefficient (Wildman–Crippen LogP) is 2.36. The third-order valence-corrected chi connectivity index (χ3v) is 4.00. The van der Waals surface area contributed by atoms with Gasteiger partial charge in [0.25, 0.3) is 5.56 Å². The Kier molecular flexibility index (Phi) is 3.60. The maximum absolute atomic E-state index is 13.3. The number of anilines is 1. The Labute approximate surface area is 126 Å². The summed E-state index contributed by atoms with van der Waals surface area (Å²) in [6.07, 6.45) is 1.22. The first-order valence-corrected chi connectivity index (χ1v) is 7.37. The molecule has 0 saturated heterocycles. The lowest BCUT2D eigenvalue weighted by molar-refractivity contribution is 0.530. The average Bonchev–Trinajstić information content (AvgIpc) is 2.46. The molecular formula is C16H18FN3O2. The molecule has 116 valence electrons. The van der Waals surface area contributed by atoms with Crippen LogP contribution in [0.5, 0.6) is 0 Å². The van der Waals surface area contributed by atoms with E-state index < -0.39 is 5.69 Å². The summed E-state index contributed by atoms with van der Waals surface area (Å²) in [5.41, 5.74) is 0.713. The van der Waals surface area contributed by atoms with Crippen molar-refractivity contribution in [2.75, 3.05) is 5.32 Å². The molecule has 1 atom stereocenters. The van der Waals surface area contributed by atoms with Gasteiger partial charge in [-0.15, -0.1) is 0 Å². The SMILES string of the molecule is CC(C)n1c(=O)[nH]c2c(c1=O)CC[C@H](c1cccc(F)c1)N2. The Morgan fingerprint density at radius 2 is 2.09 bits per heavy atom. The van der Waals surface area contributed by atoms with E-state index in [-0.39, 0.29) is 23.5 Å². The molecule has 2 aromatic rings. The van der Waals surface area contributed by atoms with Gasteiger partial charge in [-0.25, -0.2) is 9.18 Å². The van der Waals surface area contributed by atoms with Gasteiger partial charge in [0.15, 0.2) is 0 Å². The van der Waals surface area contributed by atoms with Crippen LogP contribution in [0.25, 0.3) is 0 Å². The first-order valence-electron chi connectivity index (χ1n) is 7.37. The smallest absolute Gasteiger partial charge is 0.330 e. The molecule has 2 N–H and O–H groups in total. The van der Waals surface area contributed by atoms with E-state index in [9.17, 15) is 14.0 Å². The van der Waals surface area contributed by atoms with Crippen LogP contribution in [0.2, 0.25) is 0 Å². The minimum Gasteiger partial charge on any atom is -0.364 e. The van der Waals surface area contributed by atoms with Crippen molar-refractivity contribution in [3.8, 4) is 0 Å². The fourth-order valence-corrected chi connectivity index (χ4v) is 2.92. The van der Waals surface area contributed by atoms with E-state index in [2.05, 4.69) is 10.3 Å². The minimum absolute atomic E-state index is 0.117. The maximum atomic E-state index is 13.3. The molecule has 1 aromatic carbocycles. The molecular weight excluding hydrogens is 285 g/mol. The van der Waals surface area contributed by atoms with Crippen LogP contribution in [-0.2, 0) is 6.42 Å². The molecule has 3 rings (SSSR count). The van der Waals surface area contributed by atoms with Gasteiger partial charge in [-0.1, -0.05) is 12.1 Å². The van der Waals surface area contributed by atoms with Crippen LogP contribution in [0.15, 0.2) is 33.9 Å². The van der Waals surface area contributed by atoms with Crippen molar-refractivity contribution in [3.63, 3.8) is 0 Å². The van der Waals surface area contributed by atoms with E-state index in [4.69, 9.17) is 0 Å². The summed E-state index contributed by atoms with van der Waals surface area (Å²) in [7, 11) is 0. The zero-order chi connectivity index (χ0) is 15.9. The molecule has 2 heterocycles. The number of nitrogens with one attached hydrogen (secondary N) is 2. The van der Waals surface area contributed by atoms with Gasteiger partial charge in [-0.2, -0.15) is 0 Å². The fourth-order valence-electron chi connectivity index (χ4n) is 2.92. The fraction of sp³-hybridized carbons (Fsp3) is 0.375. The Bertz CT molecular complexity index is 823. The van der Waals surface area contributed by atoms with Gasteiger partial charge in [-0.05, 0) is 44.4 Å². The number of hydrogen-bond donors (Lipinski definition) is 2. The van der Waals surface area contributed by atoms with E-state index in [1.165, 1.54) is 16.7 Å². The molecule has 0 amide bonds. The van der Waals surface area contributed by atoms with Crippen LogP contribution < -0.4 is 16.6 Å². The van der Waals surface area contributed by atoms with E-state index in [0.29, 0.717) is 24.2 Å². The van der Waals surface area contributed by atoms with Crippen molar-refractivity contribution in [2.45, 2.75) is 38.8 Å². The monoisotopic (exact) mass is 303 g/mol. The summed E-state index contributed by atoms with van der Waals surface area (Å²) in [5, 5.41) is 3.15. The van der Waals surface area contributed by atoms with Gasteiger partial charge in [0.2, 0.25) is 0 Å². The Morgan fingerprint density at radius 3 is 2.77 bits per heavy atom. The molecule has 0 aliphatic carbocycles. The molecule has 0 radical (unpaired) electrons. The summed E-state index contributed by atoms with van der Waals surface area (Å²) >= 11 is 0. The van der Waals surface area contributed by atoms with E-state index in [1.807, 2.05) is 6.07 Å². The van der Waals surface area contributed by atoms with Gasteiger partial charge < -0.3 is 5.32 Å². The van der Waals surface area contributed by atoms with Crippen molar-refractivity contribution >= 4 is 5.82 Å². The molecule has 0 fully saturated rings. The minimum atomic E-state index is -0.425. The normalized spacial score (nSPS) is 17.2. The van der Waals surface area contributed by atoms with Gasteiger partial charge >= 0.3 is 5.69 Å². The lowest BCUT2D eigenvalue weighted by atomic mass is 9.96. The van der Waals surface area contributed by atoms with Crippen LogP contribution in [0.3, 0.4) is 0 Å². The third kappa shape index (κ3) is 2.45. The van der Waals surface area contributed by atoms with Crippen LogP contribution in [-0.4, -0.2) is 9.55 Å². The topological polar surface area (TPSA) is 66.9 Å². The third-order valence-electron chi connectivity index (χ3n) is 4.00. The quantitative estimate of drug-likeness (QED) is 0.895. The van der Waals surface area contributed by atoms with Crippen molar-refractivity contribution in [1.29, 1.82) is 0 Å². The summed E-state index contributed by atoms with van der Waals surface area (Å²) in [6.45, 7) is 3.60. The number of H-pyrrole nitrogens is 1. The number of halogens is 1. The highest BCUT2D eigenvalue weighted by Gasteiger charge is 2.24. The van der Waals surface area contributed by atoms with Gasteiger partial charge in [0.1, 0.15) is 11.6 Å². The van der Waals surface area contributed by atoms with E-state index in [1.54, 1.807) is 19.9 Å². The van der Waals surface area contributed by atoms with Gasteiger partial charge in [0, 0.05) is 6.04 Å². The Balaban J connectivity index is 2.01. The second kappa shape index (κ2) is 5.44. The van der Waals surface area contributed by atoms with Crippen molar-refractivity contribution in [1.82, 2.24) is 9.55 Å². The van der Waals surface area contributed by atoms with Crippen LogP contribution in [0.4, 0.5) is 10.2 Å². The lowest BCUT2D eigenvalue weighted by Crippen LogP contribution is -2.41. The number of aromatic nitrogens is 2. The second-order valence-electron chi connectivity index (χ2n) is 5.84. The molecule has 0 saturated carbocycles. The highest BCUT2D eigenvalue weighted by molar-refractivity contribution is 5.47. The molecule has 1 aromatic heterocycles. The number of rotatable bonds is 2. The van der Waals surface area contributed by atoms with E-state index in [0.717, 1.165) is 5.56 Å². The number of benzene rings is 1. The number of fused-ring (bicyclic) bond motifs is 1. The van der Waals surface area contributed by atoms with Crippen molar-refractivity contribution < 1.29 is 4.39 Å². The van der Waals surface area contributed by atoms with Crippen LogP contribution in [0, 0.1) is 5.82 Å². The number of aromatic amines is 1. The molecule has 22 heavy (non-hydrogen) atoms. The molecule has 0 bridgehead atoms. The number of hydrogen-bond acceptors (Lipinski definition) is 3. The largest absolute Gasteiger partial charge is 0.364 e. The van der Waals surface area contributed by atoms with Gasteiger partial charge in [-0.3, -0.25) is 14.3 Å². The lowest BCUT2D eigenvalue weighted by Gasteiger charge is -2.27. The summed E-state index contributed by atoms with van der Waals surface area (Å²) in [4.78, 5) is 27.2. The van der Waals surface area contributed by atoms with Crippen molar-refractivity contribution in [3.05, 3.63) is 62.0 Å². The van der Waals surface area contributed by atoms with Crippen LogP contribution in [0.1, 0.15) is 43.5 Å². The maximum Gasteiger partial charge on any atom is 0.330 e. The number of nitrogens with zero attached hydrogens (tertiary/aromatic N) is 1. The Morgan fingerprint density at radius 1 is 1.32 bits per heavy atom. The standard InChI is InChI=1S/C16H18FN3O2/c1-9(2)20-15(21)12-6-7-13(18-14(12)19-16(20)22)10-4-3-5-11(17)8-10/h3-5,8-9,13,18H,6-7H2,1-2H3,(H,19,22)/t13-/m1/s1. The average molecular weight is 303 g/mol. The molecule has 1 aliphatic rings. The second-order valence-corrected chi connectivity index (χ2v) is 5.84. The molecule has 6 heteroatoms. The van der Waals surface area contributed by atoms with Crippen LogP contribution >= 0.6 is 0 Å². The molecule has 1 aliphatic heterocycles. The highest BCUT2D eigenvalue weighted by atomic mass is 19.1. The summed E-state index contributed by atoms with van der Waals surface area (Å²) < 4.78 is 14.6. The zero-order valence-electron chi connectivity index (χ0n) is 12.5. The first kappa shape index (κ1) is 14.6. The van der Waals surface area contributed by atoms with Gasteiger partial charge in [0.05, 0.1) is 11.6 Å². The summed E-state index contributed by atoms with van der Waals surface area (Å²) in [5.74, 6) is 0.154. The molecule has 5 nitrogen and oxygen atoms in total.